The van der Waals surface area contributed by atoms with Crippen LogP contribution in [0.15, 0.2) is 47.7 Å². The highest BCUT2D eigenvalue weighted by atomic mass is 19.1. The van der Waals surface area contributed by atoms with Crippen molar-refractivity contribution in [2.24, 2.45) is 0 Å². The standard InChI is InChI=1S/C18H18FN3O3.C2H6/c1-11-2-3-15(14(19)6-11)21-16-8-20-7-12-4-5-22(9-13(24)10-23)18(25)17(12)16;1-2/h2-8,13,21,23-24H,9-10H2,1H3;1-2H3. The lowest BCUT2D eigenvalue weighted by molar-refractivity contribution is 0.0805. The average Bonchev–Trinajstić information content (AvgIpc) is 2.67. The predicted molar refractivity (Wildman–Crippen MR) is 105 cm³/mol. The number of pyridine rings is 2. The van der Waals surface area contributed by atoms with E-state index in [1.54, 1.807) is 31.3 Å². The molecule has 0 amide bonds. The number of rotatable bonds is 5. The Balaban J connectivity index is 0.00000126. The van der Waals surface area contributed by atoms with E-state index in [1.807, 2.05) is 13.8 Å². The fourth-order valence-electron chi connectivity index (χ4n) is 2.61. The van der Waals surface area contributed by atoms with Gasteiger partial charge in [-0.3, -0.25) is 9.78 Å². The molecule has 0 aliphatic heterocycles. The van der Waals surface area contributed by atoms with Crippen LogP contribution < -0.4 is 10.9 Å². The van der Waals surface area contributed by atoms with Crippen LogP contribution in [-0.4, -0.2) is 32.5 Å². The van der Waals surface area contributed by atoms with Crippen molar-refractivity contribution in [3.8, 4) is 0 Å². The molecule has 0 fully saturated rings. The topological polar surface area (TPSA) is 87.4 Å². The number of aromatic nitrogens is 2. The Hall–Kier alpha value is -2.77. The summed E-state index contributed by atoms with van der Waals surface area (Å²) in [5, 5.41) is 22.4. The van der Waals surface area contributed by atoms with Gasteiger partial charge in [-0.1, -0.05) is 19.9 Å². The van der Waals surface area contributed by atoms with E-state index in [2.05, 4.69) is 10.3 Å². The second-order valence-corrected chi connectivity index (χ2v) is 5.87. The third kappa shape index (κ3) is 4.69. The molecule has 144 valence electrons. The minimum absolute atomic E-state index is 0.0358. The minimum atomic E-state index is -1.04. The van der Waals surface area contributed by atoms with Crippen molar-refractivity contribution in [3.63, 3.8) is 0 Å². The monoisotopic (exact) mass is 373 g/mol. The first-order chi connectivity index (χ1) is 13.0. The molecule has 6 nitrogen and oxygen atoms in total. The number of aliphatic hydroxyl groups excluding tert-OH is 2. The number of nitrogens with one attached hydrogen (secondary N) is 1. The summed E-state index contributed by atoms with van der Waals surface area (Å²) >= 11 is 0. The molecule has 2 heterocycles. The van der Waals surface area contributed by atoms with Crippen LogP contribution >= 0.6 is 0 Å². The molecule has 1 aromatic carbocycles. The Labute approximate surface area is 156 Å². The van der Waals surface area contributed by atoms with Gasteiger partial charge in [-0.25, -0.2) is 4.39 Å². The fourth-order valence-corrected chi connectivity index (χ4v) is 2.61. The van der Waals surface area contributed by atoms with Gasteiger partial charge in [0.15, 0.2) is 0 Å². The van der Waals surface area contributed by atoms with Crippen LogP contribution in [0.4, 0.5) is 15.8 Å². The van der Waals surface area contributed by atoms with E-state index in [1.165, 1.54) is 23.0 Å². The smallest absolute Gasteiger partial charge is 0.260 e. The zero-order chi connectivity index (χ0) is 20.0. The van der Waals surface area contributed by atoms with Crippen LogP contribution in [0.1, 0.15) is 19.4 Å². The lowest BCUT2D eigenvalue weighted by Crippen LogP contribution is -2.28. The number of benzene rings is 1. The zero-order valence-electron chi connectivity index (χ0n) is 15.6. The summed E-state index contributed by atoms with van der Waals surface area (Å²) in [6.45, 7) is 5.31. The van der Waals surface area contributed by atoms with Gasteiger partial charge in [0.05, 0.1) is 42.2 Å². The van der Waals surface area contributed by atoms with E-state index in [-0.39, 0.29) is 17.8 Å². The molecule has 0 radical (unpaired) electrons. The van der Waals surface area contributed by atoms with Gasteiger partial charge in [0, 0.05) is 17.8 Å². The molecule has 0 saturated carbocycles. The maximum absolute atomic E-state index is 14.1. The van der Waals surface area contributed by atoms with Crippen LogP contribution in [0.5, 0.6) is 0 Å². The van der Waals surface area contributed by atoms with Crippen LogP contribution in [0.3, 0.4) is 0 Å². The van der Waals surface area contributed by atoms with E-state index >= 15 is 0 Å². The molecule has 0 saturated heterocycles. The lowest BCUT2D eigenvalue weighted by atomic mass is 10.1. The summed E-state index contributed by atoms with van der Waals surface area (Å²) in [7, 11) is 0. The normalized spacial score (nSPS) is 11.6. The molecule has 27 heavy (non-hydrogen) atoms. The van der Waals surface area contributed by atoms with Gasteiger partial charge < -0.3 is 20.1 Å². The first-order valence-corrected chi connectivity index (χ1v) is 8.79. The Morgan fingerprint density at radius 1 is 1.22 bits per heavy atom. The maximum Gasteiger partial charge on any atom is 0.260 e. The molecule has 2 aromatic heterocycles. The van der Waals surface area contributed by atoms with Crippen molar-refractivity contribution in [1.29, 1.82) is 0 Å². The zero-order valence-corrected chi connectivity index (χ0v) is 15.6. The van der Waals surface area contributed by atoms with Crippen molar-refractivity contribution in [3.05, 3.63) is 64.6 Å². The summed E-state index contributed by atoms with van der Waals surface area (Å²) in [6, 6.07) is 6.45. The predicted octanol–water partition coefficient (Wildman–Crippen LogP) is 2.97. The third-order valence-corrected chi connectivity index (χ3v) is 3.90. The van der Waals surface area contributed by atoms with E-state index in [9.17, 15) is 14.3 Å². The molecule has 1 atom stereocenters. The SMILES string of the molecule is CC.Cc1ccc(Nc2cncc3ccn(CC(O)CO)c(=O)c23)c(F)c1. The number of aryl methyl sites for hydroxylation is 1. The highest BCUT2D eigenvalue weighted by molar-refractivity contribution is 5.93. The Morgan fingerprint density at radius 3 is 2.63 bits per heavy atom. The number of aliphatic hydroxyl groups is 2. The quantitative estimate of drug-likeness (QED) is 0.640. The largest absolute Gasteiger partial charge is 0.394 e. The van der Waals surface area contributed by atoms with E-state index in [0.717, 1.165) is 5.56 Å². The minimum Gasteiger partial charge on any atom is -0.394 e. The molecule has 0 spiro atoms. The van der Waals surface area contributed by atoms with Crippen molar-refractivity contribution >= 4 is 22.1 Å². The summed E-state index contributed by atoms with van der Waals surface area (Å²) in [6.07, 6.45) is 3.49. The molecule has 3 N–H and O–H groups in total. The summed E-state index contributed by atoms with van der Waals surface area (Å²) < 4.78 is 15.4. The molecular weight excluding hydrogens is 349 g/mol. The molecule has 7 heteroatoms. The second-order valence-electron chi connectivity index (χ2n) is 5.87. The summed E-state index contributed by atoms with van der Waals surface area (Å²) in [5.74, 6) is -0.427. The van der Waals surface area contributed by atoms with Crippen LogP contribution in [0.2, 0.25) is 0 Å². The van der Waals surface area contributed by atoms with Crippen molar-refractivity contribution in [2.75, 3.05) is 11.9 Å². The molecule has 1 unspecified atom stereocenters. The van der Waals surface area contributed by atoms with Gasteiger partial charge in [0.25, 0.3) is 5.56 Å². The lowest BCUT2D eigenvalue weighted by Gasteiger charge is -2.14. The molecule has 3 aromatic rings. The Kier molecular flexibility index (Phi) is 7.04. The van der Waals surface area contributed by atoms with Gasteiger partial charge in [-0.05, 0) is 30.7 Å². The van der Waals surface area contributed by atoms with E-state index in [4.69, 9.17) is 5.11 Å². The maximum atomic E-state index is 14.1. The highest BCUT2D eigenvalue weighted by Crippen LogP contribution is 2.25. The number of halogens is 1. The number of hydrogen-bond donors (Lipinski definition) is 3. The molecule has 0 bridgehead atoms. The molecule has 0 aliphatic rings. The fraction of sp³-hybridized carbons (Fsp3) is 0.300. The first kappa shape index (κ1) is 20.5. The van der Waals surface area contributed by atoms with Crippen LogP contribution in [0, 0.1) is 12.7 Å². The van der Waals surface area contributed by atoms with Gasteiger partial charge in [0.2, 0.25) is 0 Å². The summed E-state index contributed by atoms with van der Waals surface area (Å²) in [5.41, 5.74) is 1.05. The van der Waals surface area contributed by atoms with Crippen molar-refractivity contribution in [1.82, 2.24) is 9.55 Å². The van der Waals surface area contributed by atoms with Crippen LogP contribution in [0.25, 0.3) is 10.8 Å². The van der Waals surface area contributed by atoms with Crippen molar-refractivity contribution in [2.45, 2.75) is 33.4 Å². The van der Waals surface area contributed by atoms with Gasteiger partial charge in [-0.15, -0.1) is 0 Å². The van der Waals surface area contributed by atoms with Gasteiger partial charge in [0.1, 0.15) is 5.82 Å². The number of hydrogen-bond acceptors (Lipinski definition) is 5. The first-order valence-electron chi connectivity index (χ1n) is 8.79. The van der Waals surface area contributed by atoms with Crippen molar-refractivity contribution < 1.29 is 14.6 Å². The van der Waals surface area contributed by atoms with Crippen LogP contribution in [-0.2, 0) is 6.54 Å². The third-order valence-electron chi connectivity index (χ3n) is 3.90. The average molecular weight is 373 g/mol. The van der Waals surface area contributed by atoms with E-state index < -0.39 is 18.5 Å². The Morgan fingerprint density at radius 2 is 1.96 bits per heavy atom. The highest BCUT2D eigenvalue weighted by Gasteiger charge is 2.12. The molecule has 3 rings (SSSR count). The Bertz CT molecular complexity index is 972. The molecular formula is C20H24FN3O3. The number of anilines is 2. The number of nitrogens with zero attached hydrogens (tertiary/aromatic N) is 2. The van der Waals surface area contributed by atoms with Gasteiger partial charge in [-0.2, -0.15) is 0 Å². The molecule has 0 aliphatic carbocycles. The summed E-state index contributed by atoms with van der Waals surface area (Å²) in [4.78, 5) is 16.8. The number of fused-ring (bicyclic) bond motifs is 1. The van der Waals surface area contributed by atoms with Gasteiger partial charge >= 0.3 is 0 Å². The van der Waals surface area contributed by atoms with E-state index in [0.29, 0.717) is 16.5 Å². The second kappa shape index (κ2) is 9.25.